The Hall–Kier alpha value is -2.83. The second kappa shape index (κ2) is 6.40. The van der Waals surface area contributed by atoms with Gasteiger partial charge >= 0.3 is 0 Å². The molecule has 0 radical (unpaired) electrons. The van der Waals surface area contributed by atoms with Gasteiger partial charge in [-0.2, -0.15) is 0 Å². The molecule has 0 saturated heterocycles. The Kier molecular flexibility index (Phi) is 4.49. The van der Waals surface area contributed by atoms with E-state index in [0.29, 0.717) is 23.5 Å². The van der Waals surface area contributed by atoms with E-state index in [1.807, 2.05) is 13.8 Å². The SMILES string of the molecule is COc1cc2c(cc1OC)C(C1=C(O)CC(C)(C)CC1=O)N(C)C(=O)C2=O. The maximum absolute atomic E-state index is 12.8. The molecule has 3 rings (SSSR count). The average molecular weight is 373 g/mol. The van der Waals surface area contributed by atoms with Crippen LogP contribution in [0.1, 0.15) is 48.7 Å². The zero-order valence-electron chi connectivity index (χ0n) is 16.1. The molecule has 1 heterocycles. The van der Waals surface area contributed by atoms with E-state index in [4.69, 9.17) is 9.47 Å². The normalized spacial score (nSPS) is 22.0. The van der Waals surface area contributed by atoms with Gasteiger partial charge in [0.1, 0.15) is 5.76 Å². The predicted octanol–water partition coefficient (Wildman–Crippen LogP) is 2.60. The van der Waals surface area contributed by atoms with Crippen molar-refractivity contribution in [1.82, 2.24) is 4.90 Å². The molecule has 7 nitrogen and oxygen atoms in total. The highest BCUT2D eigenvalue weighted by molar-refractivity contribution is 6.44. The van der Waals surface area contributed by atoms with Crippen LogP contribution in [0.15, 0.2) is 23.5 Å². The number of aliphatic hydroxyl groups is 1. The molecular weight excluding hydrogens is 350 g/mol. The molecule has 144 valence electrons. The van der Waals surface area contributed by atoms with Gasteiger partial charge in [0.15, 0.2) is 17.3 Å². The largest absolute Gasteiger partial charge is 0.512 e. The van der Waals surface area contributed by atoms with Crippen molar-refractivity contribution in [2.24, 2.45) is 5.41 Å². The molecule has 1 aromatic carbocycles. The Morgan fingerprint density at radius 1 is 1.07 bits per heavy atom. The Balaban J connectivity index is 2.26. The Morgan fingerprint density at radius 2 is 1.67 bits per heavy atom. The van der Waals surface area contributed by atoms with Crippen molar-refractivity contribution >= 4 is 17.5 Å². The fourth-order valence-corrected chi connectivity index (χ4v) is 3.88. The van der Waals surface area contributed by atoms with Crippen LogP contribution < -0.4 is 9.47 Å². The minimum Gasteiger partial charge on any atom is -0.512 e. The lowest BCUT2D eigenvalue weighted by Crippen LogP contribution is -2.45. The van der Waals surface area contributed by atoms with E-state index in [1.54, 1.807) is 6.07 Å². The van der Waals surface area contributed by atoms with Gasteiger partial charge in [-0.15, -0.1) is 0 Å². The van der Waals surface area contributed by atoms with Crippen LogP contribution >= 0.6 is 0 Å². The number of carbonyl (C=O) groups excluding carboxylic acids is 3. The van der Waals surface area contributed by atoms with E-state index in [0.717, 1.165) is 0 Å². The number of Topliss-reactive ketones (excluding diaryl/α,β-unsaturated/α-hetero) is 2. The molecule has 27 heavy (non-hydrogen) atoms. The summed E-state index contributed by atoms with van der Waals surface area (Å²) >= 11 is 0. The summed E-state index contributed by atoms with van der Waals surface area (Å²) in [7, 11) is 4.35. The van der Waals surface area contributed by atoms with Gasteiger partial charge in [0.05, 0.1) is 25.8 Å². The number of carbonyl (C=O) groups is 3. The molecule has 2 aliphatic rings. The van der Waals surface area contributed by atoms with Crippen LogP contribution in [0.5, 0.6) is 11.5 Å². The first-order valence-electron chi connectivity index (χ1n) is 8.64. The third kappa shape index (κ3) is 2.97. The van der Waals surface area contributed by atoms with Gasteiger partial charge in [-0.05, 0) is 23.1 Å². The quantitative estimate of drug-likeness (QED) is 0.819. The number of ketones is 2. The number of allylic oxidation sites excluding steroid dienone is 1. The summed E-state index contributed by atoms with van der Waals surface area (Å²) in [5.41, 5.74) is 0.386. The first-order chi connectivity index (χ1) is 12.6. The monoisotopic (exact) mass is 373 g/mol. The molecule has 1 aliphatic heterocycles. The third-order valence-corrected chi connectivity index (χ3v) is 5.17. The lowest BCUT2D eigenvalue weighted by molar-refractivity contribution is -0.128. The van der Waals surface area contributed by atoms with Gasteiger partial charge in [-0.25, -0.2) is 0 Å². The molecule has 7 heteroatoms. The first-order valence-corrected chi connectivity index (χ1v) is 8.64. The number of methoxy groups -OCH3 is 2. The topological polar surface area (TPSA) is 93.1 Å². The van der Waals surface area contributed by atoms with Gasteiger partial charge in [-0.1, -0.05) is 13.8 Å². The average Bonchev–Trinajstić information content (AvgIpc) is 2.60. The number of amides is 1. The summed E-state index contributed by atoms with van der Waals surface area (Å²) in [5.74, 6) is -1.01. The molecule has 0 fully saturated rings. The van der Waals surface area contributed by atoms with E-state index >= 15 is 0 Å². The Morgan fingerprint density at radius 3 is 2.22 bits per heavy atom. The molecule has 1 aromatic rings. The number of nitrogens with zero attached hydrogens (tertiary/aromatic N) is 1. The van der Waals surface area contributed by atoms with Crippen molar-refractivity contribution in [2.45, 2.75) is 32.7 Å². The number of fused-ring (bicyclic) bond motifs is 1. The van der Waals surface area contributed by atoms with Gasteiger partial charge in [0.2, 0.25) is 0 Å². The summed E-state index contributed by atoms with van der Waals surface area (Å²) in [6.45, 7) is 3.80. The molecule has 1 amide bonds. The zero-order chi connectivity index (χ0) is 20.1. The summed E-state index contributed by atoms with van der Waals surface area (Å²) in [5, 5.41) is 10.6. The van der Waals surface area contributed by atoms with Gasteiger partial charge in [0, 0.05) is 25.5 Å². The van der Waals surface area contributed by atoms with E-state index in [2.05, 4.69) is 0 Å². The second-order valence-electron chi connectivity index (χ2n) is 7.74. The number of rotatable bonds is 3. The predicted molar refractivity (Wildman–Crippen MR) is 97.1 cm³/mol. The van der Waals surface area contributed by atoms with Crippen LogP contribution in [-0.2, 0) is 9.59 Å². The fourth-order valence-electron chi connectivity index (χ4n) is 3.88. The van der Waals surface area contributed by atoms with Crippen LogP contribution in [0.3, 0.4) is 0 Å². The number of hydrogen-bond donors (Lipinski definition) is 1. The standard InChI is InChI=1S/C20H23NO6/c1-20(2)8-12(22)16(13(23)9-20)17-10-6-14(26-4)15(27-5)7-11(10)18(24)19(25)21(17)3/h6-7,17,22H,8-9H2,1-5H3. The van der Waals surface area contributed by atoms with Crippen LogP contribution in [-0.4, -0.2) is 48.7 Å². The molecular formula is C20H23NO6. The lowest BCUT2D eigenvalue weighted by atomic mass is 9.73. The summed E-state index contributed by atoms with van der Waals surface area (Å²) in [6.07, 6.45) is 0.574. The van der Waals surface area contributed by atoms with Crippen LogP contribution in [0.25, 0.3) is 0 Å². The number of aliphatic hydroxyl groups excluding tert-OH is 1. The van der Waals surface area contributed by atoms with E-state index in [-0.39, 0.29) is 34.5 Å². The van der Waals surface area contributed by atoms with Crippen molar-refractivity contribution in [1.29, 1.82) is 0 Å². The summed E-state index contributed by atoms with van der Waals surface area (Å²) in [6, 6.07) is 2.18. The molecule has 1 unspecified atom stereocenters. The highest BCUT2D eigenvalue weighted by Gasteiger charge is 2.45. The fraction of sp³-hybridized carbons (Fsp3) is 0.450. The minimum absolute atomic E-state index is 0.0454. The van der Waals surface area contributed by atoms with Crippen LogP contribution in [0.4, 0.5) is 0 Å². The van der Waals surface area contributed by atoms with Gasteiger partial charge < -0.3 is 19.5 Å². The van der Waals surface area contributed by atoms with E-state index in [9.17, 15) is 19.5 Å². The van der Waals surface area contributed by atoms with E-state index < -0.39 is 17.7 Å². The molecule has 0 aromatic heterocycles. The second-order valence-corrected chi connectivity index (χ2v) is 7.74. The van der Waals surface area contributed by atoms with Crippen molar-refractivity contribution in [3.8, 4) is 11.5 Å². The molecule has 0 bridgehead atoms. The number of hydrogen-bond acceptors (Lipinski definition) is 6. The Labute approximate surface area is 157 Å². The minimum atomic E-state index is -0.853. The number of ether oxygens (including phenoxy) is 2. The Bertz CT molecular complexity index is 883. The van der Waals surface area contributed by atoms with Crippen LogP contribution in [0, 0.1) is 5.41 Å². The number of benzene rings is 1. The maximum Gasteiger partial charge on any atom is 0.295 e. The van der Waals surface area contributed by atoms with Crippen molar-refractivity contribution in [3.63, 3.8) is 0 Å². The van der Waals surface area contributed by atoms with Crippen molar-refractivity contribution < 1.29 is 29.0 Å². The molecule has 0 saturated carbocycles. The first kappa shape index (κ1) is 18.9. The molecule has 1 aliphatic carbocycles. The van der Waals surface area contributed by atoms with E-state index in [1.165, 1.54) is 32.2 Å². The van der Waals surface area contributed by atoms with Crippen molar-refractivity contribution in [2.75, 3.05) is 21.3 Å². The molecule has 0 spiro atoms. The third-order valence-electron chi connectivity index (χ3n) is 5.17. The maximum atomic E-state index is 12.8. The van der Waals surface area contributed by atoms with Gasteiger partial charge in [0.25, 0.3) is 11.7 Å². The summed E-state index contributed by atoms with van der Waals surface area (Å²) in [4.78, 5) is 39.1. The van der Waals surface area contributed by atoms with Crippen LogP contribution in [0.2, 0.25) is 0 Å². The van der Waals surface area contributed by atoms with Crippen molar-refractivity contribution in [3.05, 3.63) is 34.6 Å². The van der Waals surface area contributed by atoms with Gasteiger partial charge in [-0.3, -0.25) is 14.4 Å². The lowest BCUT2D eigenvalue weighted by Gasteiger charge is -2.38. The highest BCUT2D eigenvalue weighted by atomic mass is 16.5. The zero-order valence-corrected chi connectivity index (χ0v) is 16.1. The summed E-state index contributed by atoms with van der Waals surface area (Å²) < 4.78 is 10.6. The molecule has 1 atom stereocenters. The smallest absolute Gasteiger partial charge is 0.295 e. The highest BCUT2D eigenvalue weighted by Crippen LogP contribution is 2.46. The number of likely N-dealkylation sites (N-methyl/N-ethyl adjacent to an activating group) is 1. The molecule has 1 N–H and O–H groups in total.